The first kappa shape index (κ1) is 23.3. The Hall–Kier alpha value is -3.33. The molecule has 1 atom stereocenters. The van der Waals surface area contributed by atoms with E-state index in [1.165, 1.54) is 42.4 Å². The smallest absolute Gasteiger partial charge is 0.243 e. The number of ketones is 1. The number of anilines is 1. The number of rotatable bonds is 8. The van der Waals surface area contributed by atoms with Crippen molar-refractivity contribution in [2.75, 3.05) is 18.4 Å². The van der Waals surface area contributed by atoms with Crippen LogP contribution in [0.4, 0.5) is 10.1 Å². The number of nitrogens with one attached hydrogen (secondary N) is 3. The highest BCUT2D eigenvalue weighted by atomic mass is 35.5. The van der Waals surface area contributed by atoms with Gasteiger partial charge in [0.2, 0.25) is 11.8 Å². The molecule has 0 aliphatic carbocycles. The molecule has 3 rings (SSSR count). The third kappa shape index (κ3) is 5.28. The summed E-state index contributed by atoms with van der Waals surface area (Å²) in [6.45, 7) is 1.55. The van der Waals surface area contributed by atoms with Crippen LogP contribution in [-0.2, 0) is 20.9 Å². The molecule has 1 aliphatic rings. The molecule has 0 spiro atoms. The lowest BCUT2D eigenvalue weighted by Gasteiger charge is -2.24. The Balaban J connectivity index is 1.61. The molecule has 1 aromatic heterocycles. The number of carbonyl (C=O) groups excluding carboxylic acids is 3. The number of hydrogen-bond donors (Lipinski definition) is 3. The van der Waals surface area contributed by atoms with Crippen LogP contribution in [0.2, 0.25) is 5.02 Å². The van der Waals surface area contributed by atoms with Crippen LogP contribution < -0.4 is 10.6 Å². The van der Waals surface area contributed by atoms with E-state index in [0.29, 0.717) is 30.6 Å². The lowest BCUT2D eigenvalue weighted by molar-refractivity contribution is -0.137. The Morgan fingerprint density at radius 1 is 1.31 bits per heavy atom. The van der Waals surface area contributed by atoms with Gasteiger partial charge in [-0.1, -0.05) is 23.7 Å². The van der Waals surface area contributed by atoms with Crippen molar-refractivity contribution < 1.29 is 18.8 Å². The highest BCUT2D eigenvalue weighted by Gasteiger charge is 2.33. The van der Waals surface area contributed by atoms with Gasteiger partial charge >= 0.3 is 0 Å². The highest BCUT2D eigenvalue weighted by Crippen LogP contribution is 2.21. The molecular weight excluding hydrogens is 437 g/mol. The highest BCUT2D eigenvalue weighted by molar-refractivity contribution is 6.45. The molecule has 168 valence electrons. The van der Waals surface area contributed by atoms with Crippen LogP contribution in [0.15, 0.2) is 36.7 Å². The molecule has 32 heavy (non-hydrogen) atoms. The number of aromatic nitrogens is 1. The molecule has 1 aliphatic heterocycles. The molecular formula is C22H23ClFN5O3. The van der Waals surface area contributed by atoms with E-state index in [1.807, 2.05) is 0 Å². The first-order valence-corrected chi connectivity index (χ1v) is 10.4. The van der Waals surface area contributed by atoms with Crippen molar-refractivity contribution in [3.63, 3.8) is 0 Å². The number of likely N-dealkylation sites (tertiary alicyclic amines) is 1. The molecule has 0 radical (unpaired) electrons. The Kier molecular flexibility index (Phi) is 7.53. The lowest BCUT2D eigenvalue weighted by Crippen LogP contribution is -2.47. The molecule has 1 saturated heterocycles. The minimum Gasteiger partial charge on any atom is -0.374 e. The molecule has 1 unspecified atom stereocenters. The number of Topliss-reactive ketones (excluding diaryl/α,β-unsaturated/α-hetero) is 1. The number of pyridine rings is 1. The first-order valence-electron chi connectivity index (χ1n) is 10.1. The fraction of sp³-hybridized carbons (Fsp3) is 0.318. The molecule has 1 aromatic carbocycles. The minimum atomic E-state index is -0.657. The monoisotopic (exact) mass is 459 g/mol. The average molecular weight is 460 g/mol. The zero-order chi connectivity index (χ0) is 23.3. The number of hydrogen-bond acceptors (Lipinski definition) is 6. The second-order valence-corrected chi connectivity index (χ2v) is 7.79. The summed E-state index contributed by atoms with van der Waals surface area (Å²) in [6.07, 6.45) is 4.07. The van der Waals surface area contributed by atoms with Crippen LogP contribution in [0.5, 0.6) is 0 Å². The summed E-state index contributed by atoms with van der Waals surface area (Å²) >= 11 is 5.77. The van der Waals surface area contributed by atoms with Crippen LogP contribution in [-0.4, -0.2) is 52.3 Å². The van der Waals surface area contributed by atoms with E-state index in [9.17, 15) is 18.8 Å². The van der Waals surface area contributed by atoms with Crippen molar-refractivity contribution in [1.82, 2.24) is 15.2 Å². The van der Waals surface area contributed by atoms with E-state index in [0.717, 1.165) is 0 Å². The molecule has 2 heterocycles. The van der Waals surface area contributed by atoms with Crippen LogP contribution in [0.25, 0.3) is 0 Å². The molecule has 0 bridgehead atoms. The van der Waals surface area contributed by atoms with E-state index >= 15 is 0 Å². The van der Waals surface area contributed by atoms with Gasteiger partial charge in [0.25, 0.3) is 0 Å². The van der Waals surface area contributed by atoms with Gasteiger partial charge in [0, 0.05) is 37.3 Å². The number of nitrogens with zero attached hydrogens (tertiary/aromatic N) is 2. The number of benzene rings is 1. The zero-order valence-electron chi connectivity index (χ0n) is 17.5. The SMILES string of the molecule is CC(=O)C(=N)c1ccncc1NCC(=O)N1CCCC1C(=O)NCc1cccc(Cl)c1F. The number of carbonyl (C=O) groups is 3. The van der Waals surface area contributed by atoms with Gasteiger partial charge in [0.1, 0.15) is 17.6 Å². The molecule has 2 amide bonds. The fourth-order valence-electron chi connectivity index (χ4n) is 3.54. The Morgan fingerprint density at radius 2 is 2.09 bits per heavy atom. The van der Waals surface area contributed by atoms with Crippen molar-refractivity contribution >= 4 is 40.6 Å². The Morgan fingerprint density at radius 3 is 2.84 bits per heavy atom. The standard InChI is InChI=1S/C22H23ClFN5O3/c1-13(30)21(25)15-7-8-26-11-17(15)27-12-19(31)29-9-3-6-18(29)22(32)28-10-14-4-2-5-16(23)20(14)24/h2,4-5,7-8,11,18,25,27H,3,6,9-10,12H2,1H3,(H,28,32). The zero-order valence-corrected chi connectivity index (χ0v) is 18.2. The normalized spacial score (nSPS) is 15.3. The summed E-state index contributed by atoms with van der Waals surface area (Å²) in [4.78, 5) is 42.4. The van der Waals surface area contributed by atoms with Gasteiger partial charge in [0.15, 0.2) is 5.78 Å². The lowest BCUT2D eigenvalue weighted by atomic mass is 10.1. The molecule has 0 saturated carbocycles. The Bertz CT molecular complexity index is 1060. The van der Waals surface area contributed by atoms with Crippen molar-refractivity contribution in [2.24, 2.45) is 0 Å². The van der Waals surface area contributed by atoms with Gasteiger partial charge in [-0.15, -0.1) is 0 Å². The van der Waals surface area contributed by atoms with Crippen molar-refractivity contribution in [3.05, 3.63) is 58.6 Å². The maximum atomic E-state index is 14.0. The molecule has 3 N–H and O–H groups in total. The van der Waals surface area contributed by atoms with Crippen molar-refractivity contribution in [2.45, 2.75) is 32.4 Å². The predicted octanol–water partition coefficient (Wildman–Crippen LogP) is 2.55. The summed E-state index contributed by atoms with van der Waals surface area (Å²) in [6, 6.07) is 5.43. The third-order valence-corrected chi connectivity index (χ3v) is 5.52. The van der Waals surface area contributed by atoms with Gasteiger partial charge < -0.3 is 15.5 Å². The van der Waals surface area contributed by atoms with Gasteiger partial charge in [-0.3, -0.25) is 24.8 Å². The van der Waals surface area contributed by atoms with Gasteiger partial charge in [0.05, 0.1) is 23.5 Å². The summed E-state index contributed by atoms with van der Waals surface area (Å²) in [5, 5.41) is 13.5. The molecule has 10 heteroatoms. The van der Waals surface area contributed by atoms with Crippen LogP contribution in [0.1, 0.15) is 30.9 Å². The maximum absolute atomic E-state index is 14.0. The molecule has 2 aromatic rings. The second-order valence-electron chi connectivity index (χ2n) is 7.38. The fourth-order valence-corrected chi connectivity index (χ4v) is 3.73. The second kappa shape index (κ2) is 10.3. The number of amides is 2. The van der Waals surface area contributed by atoms with Gasteiger partial charge in [-0.25, -0.2) is 4.39 Å². The van der Waals surface area contributed by atoms with Gasteiger partial charge in [-0.2, -0.15) is 0 Å². The summed E-state index contributed by atoms with van der Waals surface area (Å²) in [7, 11) is 0. The van der Waals surface area contributed by atoms with Crippen LogP contribution in [0, 0.1) is 11.2 Å². The number of halogens is 2. The first-order chi connectivity index (χ1) is 15.3. The third-order valence-electron chi connectivity index (χ3n) is 5.23. The predicted molar refractivity (Wildman–Crippen MR) is 118 cm³/mol. The topological polar surface area (TPSA) is 115 Å². The molecule has 1 fully saturated rings. The largest absolute Gasteiger partial charge is 0.374 e. The summed E-state index contributed by atoms with van der Waals surface area (Å²) in [5.74, 6) is -1.66. The van der Waals surface area contributed by atoms with Gasteiger partial charge in [-0.05, 0) is 25.0 Å². The minimum absolute atomic E-state index is 0.0203. The Labute approximate surface area is 189 Å². The molecule has 8 nitrogen and oxygen atoms in total. The van der Waals surface area contributed by atoms with Crippen LogP contribution >= 0.6 is 11.6 Å². The average Bonchev–Trinajstić information content (AvgIpc) is 3.28. The summed E-state index contributed by atoms with van der Waals surface area (Å²) < 4.78 is 14.0. The van der Waals surface area contributed by atoms with Crippen molar-refractivity contribution in [3.8, 4) is 0 Å². The van der Waals surface area contributed by atoms with E-state index < -0.39 is 17.6 Å². The van der Waals surface area contributed by atoms with E-state index in [-0.39, 0.29) is 41.2 Å². The van der Waals surface area contributed by atoms with Crippen LogP contribution in [0.3, 0.4) is 0 Å². The summed E-state index contributed by atoms with van der Waals surface area (Å²) in [5.41, 5.74) is 0.812. The van der Waals surface area contributed by atoms with E-state index in [2.05, 4.69) is 15.6 Å². The van der Waals surface area contributed by atoms with E-state index in [4.69, 9.17) is 17.0 Å². The van der Waals surface area contributed by atoms with E-state index in [1.54, 1.807) is 6.07 Å². The van der Waals surface area contributed by atoms with Crippen molar-refractivity contribution in [1.29, 1.82) is 5.41 Å². The maximum Gasteiger partial charge on any atom is 0.243 e. The quantitative estimate of drug-likeness (QED) is 0.525.